The van der Waals surface area contributed by atoms with Gasteiger partial charge in [0.2, 0.25) is 0 Å². The molecule has 7 heteroatoms. The molecular weight excluding hydrogens is 326 g/mol. The van der Waals surface area contributed by atoms with Crippen LogP contribution in [-0.4, -0.2) is 33.9 Å². The number of nitrogens with one attached hydrogen (secondary N) is 1. The summed E-state index contributed by atoms with van der Waals surface area (Å²) in [5.74, 6) is -0.812. The van der Waals surface area contributed by atoms with Crippen molar-refractivity contribution in [3.05, 3.63) is 47.4 Å². The Morgan fingerprint density at radius 1 is 1.08 bits per heavy atom. The molecule has 0 radical (unpaired) electrons. The van der Waals surface area contributed by atoms with Crippen molar-refractivity contribution in [1.82, 2.24) is 14.9 Å². The number of aromatic nitrogens is 2. The molecule has 132 valence electrons. The number of likely N-dealkylation sites (tertiary alicyclic amines) is 1. The molecule has 0 saturated carbocycles. The fourth-order valence-electron chi connectivity index (χ4n) is 2.91. The number of anilines is 2. The highest BCUT2D eigenvalue weighted by Crippen LogP contribution is 2.21. The Hall–Kier alpha value is -2.57. The molecule has 1 saturated heterocycles. The molecule has 2 aromatic rings. The van der Waals surface area contributed by atoms with E-state index in [0.717, 1.165) is 50.9 Å². The van der Waals surface area contributed by atoms with Crippen LogP contribution < -0.4 is 5.32 Å². The number of halogens is 2. The lowest BCUT2D eigenvalue weighted by molar-refractivity contribution is 0.0755. The van der Waals surface area contributed by atoms with Crippen molar-refractivity contribution < 1.29 is 13.6 Å². The van der Waals surface area contributed by atoms with Crippen LogP contribution >= 0.6 is 0 Å². The van der Waals surface area contributed by atoms with E-state index >= 15 is 0 Å². The van der Waals surface area contributed by atoms with Gasteiger partial charge in [0.15, 0.2) is 0 Å². The third kappa shape index (κ3) is 4.29. The minimum absolute atomic E-state index is 0.0904. The van der Waals surface area contributed by atoms with Gasteiger partial charge in [0.1, 0.15) is 29.0 Å². The number of benzene rings is 1. The van der Waals surface area contributed by atoms with Gasteiger partial charge in [0.05, 0.1) is 5.69 Å². The van der Waals surface area contributed by atoms with E-state index in [0.29, 0.717) is 11.6 Å². The van der Waals surface area contributed by atoms with Crippen LogP contribution in [0.4, 0.5) is 20.3 Å². The summed E-state index contributed by atoms with van der Waals surface area (Å²) in [5.41, 5.74) is 0.368. The molecule has 0 unspecified atom stereocenters. The van der Waals surface area contributed by atoms with Crippen LogP contribution in [0.2, 0.25) is 0 Å². The van der Waals surface area contributed by atoms with Crippen LogP contribution in [0.1, 0.15) is 42.0 Å². The number of carbonyl (C=O) groups excluding carboxylic acids is 1. The molecule has 0 atom stereocenters. The highest BCUT2D eigenvalue weighted by Gasteiger charge is 2.20. The lowest BCUT2D eigenvalue weighted by Crippen LogP contribution is -2.32. The summed E-state index contributed by atoms with van der Waals surface area (Å²) >= 11 is 0. The van der Waals surface area contributed by atoms with E-state index < -0.39 is 11.6 Å². The van der Waals surface area contributed by atoms with Crippen LogP contribution in [0.15, 0.2) is 24.3 Å². The van der Waals surface area contributed by atoms with Gasteiger partial charge < -0.3 is 10.2 Å². The Bertz CT molecular complexity index is 774. The van der Waals surface area contributed by atoms with Gasteiger partial charge in [-0.15, -0.1) is 0 Å². The molecule has 0 spiro atoms. The van der Waals surface area contributed by atoms with E-state index in [-0.39, 0.29) is 17.3 Å². The standard InChI is InChI=1S/C18H20F2N4O/c1-12-21-16(18(25)24-8-4-2-3-5-9-24)11-17(22-12)23-15-7-6-13(19)10-14(15)20/h6-7,10-11H,2-5,8-9H2,1H3,(H,21,22,23). The summed E-state index contributed by atoms with van der Waals surface area (Å²) in [6, 6.07) is 4.74. The normalized spacial score (nSPS) is 14.9. The maximum Gasteiger partial charge on any atom is 0.272 e. The van der Waals surface area contributed by atoms with Crippen molar-refractivity contribution in [1.29, 1.82) is 0 Å². The highest BCUT2D eigenvalue weighted by atomic mass is 19.1. The molecule has 1 amide bonds. The molecule has 1 aliphatic rings. The topological polar surface area (TPSA) is 58.1 Å². The monoisotopic (exact) mass is 346 g/mol. The summed E-state index contributed by atoms with van der Waals surface area (Å²) in [5, 5.41) is 2.79. The Kier molecular flexibility index (Phi) is 5.21. The minimum atomic E-state index is -0.725. The molecule has 1 aliphatic heterocycles. The Labute approximate surface area is 145 Å². The second-order valence-corrected chi connectivity index (χ2v) is 6.14. The van der Waals surface area contributed by atoms with Crippen molar-refractivity contribution in [3.63, 3.8) is 0 Å². The number of carbonyl (C=O) groups is 1. The van der Waals surface area contributed by atoms with Crippen LogP contribution in [0.25, 0.3) is 0 Å². The van der Waals surface area contributed by atoms with E-state index in [1.54, 1.807) is 11.8 Å². The first-order chi connectivity index (χ1) is 12.0. The molecule has 1 fully saturated rings. The van der Waals surface area contributed by atoms with Gasteiger partial charge in [0, 0.05) is 25.2 Å². The third-order valence-electron chi connectivity index (χ3n) is 4.14. The SMILES string of the molecule is Cc1nc(Nc2ccc(F)cc2F)cc(C(=O)N2CCCCCC2)n1. The fourth-order valence-corrected chi connectivity index (χ4v) is 2.91. The van der Waals surface area contributed by atoms with E-state index in [1.165, 1.54) is 12.1 Å². The zero-order valence-electron chi connectivity index (χ0n) is 14.1. The fraction of sp³-hybridized carbons (Fsp3) is 0.389. The number of hydrogen-bond donors (Lipinski definition) is 1. The molecule has 0 aliphatic carbocycles. The van der Waals surface area contributed by atoms with Gasteiger partial charge in [-0.2, -0.15) is 0 Å². The maximum absolute atomic E-state index is 13.8. The molecule has 1 aromatic carbocycles. The van der Waals surface area contributed by atoms with Crippen LogP contribution in [0.5, 0.6) is 0 Å². The average molecular weight is 346 g/mol. The first-order valence-corrected chi connectivity index (χ1v) is 8.40. The lowest BCUT2D eigenvalue weighted by Gasteiger charge is -2.20. The van der Waals surface area contributed by atoms with Gasteiger partial charge in [-0.25, -0.2) is 18.7 Å². The van der Waals surface area contributed by atoms with Crippen LogP contribution in [0, 0.1) is 18.6 Å². The number of nitrogens with zero attached hydrogens (tertiary/aromatic N) is 3. The van der Waals surface area contributed by atoms with Crippen molar-refractivity contribution in [2.24, 2.45) is 0 Å². The number of hydrogen-bond acceptors (Lipinski definition) is 4. The van der Waals surface area contributed by atoms with Crippen molar-refractivity contribution in [3.8, 4) is 0 Å². The van der Waals surface area contributed by atoms with Crippen LogP contribution in [0.3, 0.4) is 0 Å². The van der Waals surface area contributed by atoms with Crippen molar-refractivity contribution >= 4 is 17.4 Å². The Morgan fingerprint density at radius 3 is 2.48 bits per heavy atom. The zero-order valence-corrected chi connectivity index (χ0v) is 14.1. The summed E-state index contributed by atoms with van der Waals surface area (Å²) in [7, 11) is 0. The largest absolute Gasteiger partial charge is 0.338 e. The second-order valence-electron chi connectivity index (χ2n) is 6.14. The summed E-state index contributed by atoms with van der Waals surface area (Å²) < 4.78 is 26.8. The predicted octanol–water partition coefficient (Wildman–Crippen LogP) is 3.82. The third-order valence-corrected chi connectivity index (χ3v) is 4.14. The average Bonchev–Trinajstić information content (AvgIpc) is 2.85. The first kappa shape index (κ1) is 17.3. The highest BCUT2D eigenvalue weighted by molar-refractivity contribution is 5.93. The van der Waals surface area contributed by atoms with Gasteiger partial charge in [-0.05, 0) is 31.9 Å². The van der Waals surface area contributed by atoms with E-state index in [1.807, 2.05) is 0 Å². The number of aryl methyl sites for hydroxylation is 1. The Morgan fingerprint density at radius 2 is 1.80 bits per heavy atom. The molecule has 1 N–H and O–H groups in total. The zero-order chi connectivity index (χ0) is 17.8. The van der Waals surface area contributed by atoms with E-state index in [4.69, 9.17) is 0 Å². The molecule has 0 bridgehead atoms. The molecule has 2 heterocycles. The van der Waals surface area contributed by atoms with E-state index in [2.05, 4.69) is 15.3 Å². The number of amides is 1. The van der Waals surface area contributed by atoms with Gasteiger partial charge in [-0.3, -0.25) is 4.79 Å². The van der Waals surface area contributed by atoms with Crippen LogP contribution in [-0.2, 0) is 0 Å². The quantitative estimate of drug-likeness (QED) is 0.918. The summed E-state index contributed by atoms with van der Waals surface area (Å²) in [4.78, 5) is 22.9. The molecule has 5 nitrogen and oxygen atoms in total. The maximum atomic E-state index is 13.8. The van der Waals surface area contributed by atoms with E-state index in [9.17, 15) is 13.6 Å². The lowest BCUT2D eigenvalue weighted by atomic mass is 10.2. The van der Waals surface area contributed by atoms with Gasteiger partial charge >= 0.3 is 0 Å². The first-order valence-electron chi connectivity index (χ1n) is 8.40. The second kappa shape index (κ2) is 7.55. The predicted molar refractivity (Wildman–Crippen MR) is 90.8 cm³/mol. The summed E-state index contributed by atoms with van der Waals surface area (Å²) in [6.07, 6.45) is 4.23. The molecule has 25 heavy (non-hydrogen) atoms. The smallest absolute Gasteiger partial charge is 0.272 e. The van der Waals surface area contributed by atoms with Gasteiger partial charge in [-0.1, -0.05) is 12.8 Å². The molecular formula is C18H20F2N4O. The van der Waals surface area contributed by atoms with Crippen molar-refractivity contribution in [2.75, 3.05) is 18.4 Å². The summed E-state index contributed by atoms with van der Waals surface area (Å²) in [6.45, 7) is 3.11. The van der Waals surface area contributed by atoms with Crippen molar-refractivity contribution in [2.45, 2.75) is 32.6 Å². The number of rotatable bonds is 3. The minimum Gasteiger partial charge on any atom is -0.338 e. The molecule has 1 aromatic heterocycles. The van der Waals surface area contributed by atoms with Gasteiger partial charge in [0.25, 0.3) is 5.91 Å². The Balaban J connectivity index is 1.83. The molecule has 3 rings (SSSR count).